The molecule has 0 amide bonds. The van der Waals surface area contributed by atoms with Crippen LogP contribution in [0.25, 0.3) is 10.9 Å². The monoisotopic (exact) mass is 463 g/mol. The third kappa shape index (κ3) is 2.89. The molecule has 2 saturated carbocycles. The van der Waals surface area contributed by atoms with E-state index in [2.05, 4.69) is 49.2 Å². The maximum Gasteiger partial charge on any atom is 0.303 e. The average Bonchev–Trinajstić information content (AvgIpc) is 3.27. The van der Waals surface area contributed by atoms with E-state index in [1.54, 1.807) is 13.8 Å². The van der Waals surface area contributed by atoms with E-state index in [0.29, 0.717) is 11.8 Å². The molecule has 2 heterocycles. The number of hydrogen-bond donors (Lipinski definition) is 2. The van der Waals surface area contributed by atoms with Gasteiger partial charge in [-0.3, -0.25) is 4.79 Å². The average molecular weight is 464 g/mol. The molecule has 1 aliphatic heterocycles. The summed E-state index contributed by atoms with van der Waals surface area (Å²) in [5.41, 5.74) is 4.51. The van der Waals surface area contributed by atoms with Gasteiger partial charge in [0.15, 0.2) is 0 Å². The summed E-state index contributed by atoms with van der Waals surface area (Å²) < 4.78 is 12.2. The van der Waals surface area contributed by atoms with Gasteiger partial charge in [-0.2, -0.15) is 0 Å². The molecule has 0 spiro atoms. The lowest BCUT2D eigenvalue weighted by molar-refractivity contribution is -0.188. The minimum atomic E-state index is -1.10. The van der Waals surface area contributed by atoms with Gasteiger partial charge in [-0.25, -0.2) is 0 Å². The molecular formula is C29H37NO4. The topological polar surface area (TPSA) is 71.6 Å². The Morgan fingerprint density at radius 3 is 2.71 bits per heavy atom. The largest absolute Gasteiger partial charge is 0.455 e. The molecule has 2 fully saturated rings. The highest BCUT2D eigenvalue weighted by molar-refractivity contribution is 5.86. The van der Waals surface area contributed by atoms with Crippen LogP contribution >= 0.6 is 0 Å². The first-order chi connectivity index (χ1) is 16.0. The number of ether oxygens (including phenoxy) is 2. The number of esters is 1. The minimum Gasteiger partial charge on any atom is -0.455 e. The molecule has 0 radical (unpaired) electrons. The van der Waals surface area contributed by atoms with Gasteiger partial charge < -0.3 is 19.6 Å². The molecule has 34 heavy (non-hydrogen) atoms. The van der Waals surface area contributed by atoms with Crippen molar-refractivity contribution in [3.8, 4) is 0 Å². The van der Waals surface area contributed by atoms with Gasteiger partial charge in [-0.05, 0) is 86.5 Å². The fourth-order valence-corrected chi connectivity index (χ4v) is 8.25. The number of aromatic nitrogens is 1. The Kier molecular flexibility index (Phi) is 4.74. The smallest absolute Gasteiger partial charge is 0.303 e. The maximum atomic E-state index is 11.9. The number of carbonyl (C=O) groups excluding carboxylic acids is 1. The van der Waals surface area contributed by atoms with Crippen LogP contribution in [0, 0.1) is 17.3 Å². The van der Waals surface area contributed by atoms with Crippen molar-refractivity contribution in [2.45, 2.75) is 96.1 Å². The van der Waals surface area contributed by atoms with E-state index < -0.39 is 17.8 Å². The van der Waals surface area contributed by atoms with Crippen molar-refractivity contribution in [3.05, 3.63) is 47.2 Å². The summed E-state index contributed by atoms with van der Waals surface area (Å²) in [7, 11) is 0. The SMILES string of the molecule is CC(=O)OC1C=C2C(CC[C@@]3(C)C2CC[C@H]2Cc4c([nH]c5ccccc45)[C@@]23C)O[C@@H]1C(C)(C)O. The Hall–Kier alpha value is -2.11. The van der Waals surface area contributed by atoms with Crippen LogP contribution < -0.4 is 0 Å². The van der Waals surface area contributed by atoms with Gasteiger partial charge in [0.1, 0.15) is 12.2 Å². The highest BCUT2D eigenvalue weighted by Gasteiger charge is 2.64. The van der Waals surface area contributed by atoms with E-state index in [1.165, 1.54) is 41.1 Å². The van der Waals surface area contributed by atoms with Crippen LogP contribution in [0.1, 0.15) is 71.6 Å². The Bertz CT molecular complexity index is 1190. The van der Waals surface area contributed by atoms with Gasteiger partial charge in [0.05, 0.1) is 11.7 Å². The summed E-state index contributed by atoms with van der Waals surface area (Å²) in [5.74, 6) is 0.659. The number of hydrogen-bond acceptors (Lipinski definition) is 4. The van der Waals surface area contributed by atoms with Gasteiger partial charge in [-0.1, -0.05) is 32.0 Å². The minimum absolute atomic E-state index is 0.0231. The predicted molar refractivity (Wildman–Crippen MR) is 132 cm³/mol. The Balaban J connectivity index is 1.44. The third-order valence-electron chi connectivity index (χ3n) is 10.0. The number of aromatic amines is 1. The Morgan fingerprint density at radius 1 is 1.21 bits per heavy atom. The van der Waals surface area contributed by atoms with Crippen molar-refractivity contribution in [1.82, 2.24) is 4.98 Å². The number of aliphatic hydroxyl groups is 1. The van der Waals surface area contributed by atoms with Gasteiger partial charge in [-0.15, -0.1) is 0 Å². The first-order valence-electron chi connectivity index (χ1n) is 12.9. The van der Waals surface area contributed by atoms with E-state index in [0.717, 1.165) is 25.7 Å². The van der Waals surface area contributed by atoms with Crippen LogP contribution in [0.5, 0.6) is 0 Å². The lowest BCUT2D eigenvalue weighted by Gasteiger charge is -2.61. The molecule has 1 aromatic heterocycles. The summed E-state index contributed by atoms with van der Waals surface area (Å²) in [4.78, 5) is 15.8. The normalized spacial score (nSPS) is 39.0. The fraction of sp³-hybridized carbons (Fsp3) is 0.621. The summed E-state index contributed by atoms with van der Waals surface area (Å²) in [5, 5.41) is 12.2. The van der Waals surface area contributed by atoms with E-state index in [9.17, 15) is 9.90 Å². The zero-order chi connectivity index (χ0) is 24.0. The Labute approximate surface area is 201 Å². The van der Waals surface area contributed by atoms with Crippen molar-refractivity contribution in [3.63, 3.8) is 0 Å². The number of rotatable bonds is 2. The number of benzene rings is 1. The van der Waals surface area contributed by atoms with Crippen LogP contribution in [0.15, 0.2) is 35.9 Å². The maximum absolute atomic E-state index is 11.9. The molecule has 2 aromatic rings. The number of para-hydroxylation sites is 1. The first-order valence-corrected chi connectivity index (χ1v) is 12.9. The predicted octanol–water partition coefficient (Wildman–Crippen LogP) is 5.20. The molecular weight excluding hydrogens is 426 g/mol. The van der Waals surface area contributed by atoms with Crippen LogP contribution in [-0.4, -0.2) is 40.0 Å². The van der Waals surface area contributed by atoms with Gasteiger partial charge >= 0.3 is 5.97 Å². The molecule has 182 valence electrons. The molecule has 0 bridgehead atoms. The molecule has 1 aromatic carbocycles. The second kappa shape index (κ2) is 7.20. The van der Waals surface area contributed by atoms with Crippen molar-refractivity contribution in [2.24, 2.45) is 17.3 Å². The van der Waals surface area contributed by atoms with Crippen molar-refractivity contribution in [2.75, 3.05) is 0 Å². The van der Waals surface area contributed by atoms with Crippen LogP contribution in [-0.2, 0) is 26.1 Å². The molecule has 3 aliphatic carbocycles. The number of carbonyl (C=O) groups is 1. The highest BCUT2D eigenvalue weighted by Crippen LogP contribution is 2.68. The van der Waals surface area contributed by atoms with E-state index >= 15 is 0 Å². The van der Waals surface area contributed by atoms with Crippen LogP contribution in [0.2, 0.25) is 0 Å². The fourth-order valence-electron chi connectivity index (χ4n) is 8.25. The van der Waals surface area contributed by atoms with Crippen LogP contribution in [0.3, 0.4) is 0 Å². The molecule has 5 heteroatoms. The molecule has 5 nitrogen and oxygen atoms in total. The molecule has 3 unspecified atom stereocenters. The first kappa shape index (κ1) is 22.4. The second-order valence-corrected chi connectivity index (χ2v) is 12.2. The molecule has 6 rings (SSSR count). The Morgan fingerprint density at radius 2 is 1.97 bits per heavy atom. The van der Waals surface area contributed by atoms with E-state index in [4.69, 9.17) is 9.47 Å². The molecule has 2 N–H and O–H groups in total. The summed E-state index contributed by atoms with van der Waals surface area (Å²) >= 11 is 0. The van der Waals surface area contributed by atoms with Crippen molar-refractivity contribution < 1.29 is 19.4 Å². The molecule has 0 saturated heterocycles. The lowest BCUT2D eigenvalue weighted by atomic mass is 9.44. The number of nitrogens with one attached hydrogen (secondary N) is 1. The quantitative estimate of drug-likeness (QED) is 0.474. The van der Waals surface area contributed by atoms with Crippen molar-refractivity contribution in [1.29, 1.82) is 0 Å². The number of H-pyrrole nitrogens is 1. The molecule has 4 aliphatic rings. The summed E-state index contributed by atoms with van der Waals surface area (Å²) in [6.07, 6.45) is 6.46. The van der Waals surface area contributed by atoms with Crippen LogP contribution in [0.4, 0.5) is 0 Å². The zero-order valence-corrected chi connectivity index (χ0v) is 21.0. The second-order valence-electron chi connectivity index (χ2n) is 12.2. The highest BCUT2D eigenvalue weighted by atomic mass is 16.6. The third-order valence-corrected chi connectivity index (χ3v) is 10.0. The van der Waals surface area contributed by atoms with Gasteiger partial charge in [0.2, 0.25) is 0 Å². The standard InChI is InChI=1S/C29H37NO4/c1-16(31)33-24-15-20-21-11-10-17-14-19-18-8-6-7-9-22(18)30-25(19)29(17,5)28(21,4)13-12-23(20)34-26(24)27(2,3)32/h6-9,15,17,21,23-24,26,30,32H,10-14H2,1-5H3/t17-,21?,23?,24?,26-,28-,29+/m0/s1. The van der Waals surface area contributed by atoms with E-state index in [1.807, 2.05) is 0 Å². The summed E-state index contributed by atoms with van der Waals surface area (Å²) in [6, 6.07) is 8.72. The number of fused-ring (bicyclic) bond motifs is 9. The van der Waals surface area contributed by atoms with Gasteiger partial charge in [0, 0.05) is 28.9 Å². The van der Waals surface area contributed by atoms with Crippen molar-refractivity contribution >= 4 is 16.9 Å². The van der Waals surface area contributed by atoms with E-state index in [-0.39, 0.29) is 22.9 Å². The molecule has 7 atom stereocenters. The summed E-state index contributed by atoms with van der Waals surface area (Å²) in [6.45, 7) is 9.90. The lowest BCUT2D eigenvalue weighted by Crippen LogP contribution is -2.60. The van der Waals surface area contributed by atoms with Gasteiger partial charge in [0.25, 0.3) is 0 Å². The zero-order valence-electron chi connectivity index (χ0n) is 21.0.